The number of thiazole rings is 1. The molecule has 1 atom stereocenters. The maximum Gasteiger partial charge on any atom is 0.267 e. The summed E-state index contributed by atoms with van der Waals surface area (Å²) in [5.74, 6) is 0.0247. The minimum atomic E-state index is -0.244. The van der Waals surface area contributed by atoms with Crippen LogP contribution in [0, 0.1) is 0 Å². The summed E-state index contributed by atoms with van der Waals surface area (Å²) in [7, 11) is 1.64. The molecule has 0 radical (unpaired) electrons. The summed E-state index contributed by atoms with van der Waals surface area (Å²) in [4.78, 5) is 18.1. The lowest BCUT2D eigenvalue weighted by atomic mass is 10.3. The average molecular weight is 272 g/mol. The van der Waals surface area contributed by atoms with E-state index in [1.165, 1.54) is 16.2 Å². The Labute approximate surface area is 111 Å². The molecule has 6 nitrogen and oxygen atoms in total. The van der Waals surface area contributed by atoms with Gasteiger partial charge in [0.2, 0.25) is 0 Å². The number of rotatable bonds is 6. The third kappa shape index (κ3) is 3.33. The normalized spacial score (nSPS) is 12.2. The number of carbonyl (C=O) groups excluding carboxylic acids is 1. The third-order valence-electron chi connectivity index (χ3n) is 2.62. The quantitative estimate of drug-likeness (QED) is 0.718. The van der Waals surface area contributed by atoms with Crippen molar-refractivity contribution >= 4 is 28.2 Å². The van der Waals surface area contributed by atoms with Gasteiger partial charge in [0.25, 0.3) is 5.91 Å². The van der Waals surface area contributed by atoms with Gasteiger partial charge in [-0.1, -0.05) is 18.3 Å². The highest BCUT2D eigenvalue weighted by Gasteiger charge is 2.22. The van der Waals surface area contributed by atoms with Gasteiger partial charge in [-0.05, 0) is 13.3 Å². The van der Waals surface area contributed by atoms with Gasteiger partial charge < -0.3 is 21.1 Å². The molecule has 18 heavy (non-hydrogen) atoms. The zero-order valence-electron chi connectivity index (χ0n) is 10.9. The van der Waals surface area contributed by atoms with E-state index in [-0.39, 0.29) is 24.4 Å². The van der Waals surface area contributed by atoms with Crippen LogP contribution in [-0.2, 0) is 0 Å². The van der Waals surface area contributed by atoms with Gasteiger partial charge in [-0.15, -0.1) is 0 Å². The Morgan fingerprint density at radius 3 is 2.89 bits per heavy atom. The average Bonchev–Trinajstić information content (AvgIpc) is 2.74. The van der Waals surface area contributed by atoms with Crippen molar-refractivity contribution in [3.05, 3.63) is 4.88 Å². The Morgan fingerprint density at radius 2 is 2.33 bits per heavy atom. The molecule has 1 unspecified atom stereocenters. The summed E-state index contributed by atoms with van der Waals surface area (Å²) >= 11 is 1.24. The number of nitrogens with two attached hydrogens (primary N) is 1. The first-order chi connectivity index (χ1) is 8.51. The highest BCUT2D eigenvalue weighted by atomic mass is 32.1. The van der Waals surface area contributed by atoms with E-state index in [1.54, 1.807) is 14.0 Å². The number of nitrogens with one attached hydrogen (secondary N) is 1. The zero-order chi connectivity index (χ0) is 13.7. The van der Waals surface area contributed by atoms with E-state index in [2.05, 4.69) is 10.3 Å². The van der Waals surface area contributed by atoms with E-state index < -0.39 is 0 Å². The molecule has 0 aromatic carbocycles. The third-order valence-corrected chi connectivity index (χ3v) is 3.64. The first-order valence-corrected chi connectivity index (χ1v) is 6.71. The molecule has 4 N–H and O–H groups in total. The lowest BCUT2D eigenvalue weighted by molar-refractivity contribution is 0.0688. The highest BCUT2D eigenvalue weighted by molar-refractivity contribution is 7.18. The van der Waals surface area contributed by atoms with E-state index in [1.807, 2.05) is 6.92 Å². The number of carbonyl (C=O) groups is 1. The summed E-state index contributed by atoms with van der Waals surface area (Å²) in [6, 6.07) is -0.244. The molecular weight excluding hydrogens is 252 g/mol. The van der Waals surface area contributed by atoms with Crippen LogP contribution >= 0.6 is 11.3 Å². The van der Waals surface area contributed by atoms with Gasteiger partial charge in [-0.3, -0.25) is 4.79 Å². The van der Waals surface area contributed by atoms with Gasteiger partial charge in [0.15, 0.2) is 5.13 Å². The number of aliphatic hydroxyl groups is 1. The van der Waals surface area contributed by atoms with Crippen molar-refractivity contribution in [2.45, 2.75) is 26.3 Å². The van der Waals surface area contributed by atoms with Gasteiger partial charge >= 0.3 is 0 Å². The van der Waals surface area contributed by atoms with Crippen LogP contribution in [0.5, 0.6) is 0 Å². The van der Waals surface area contributed by atoms with Gasteiger partial charge in [0.1, 0.15) is 10.7 Å². The van der Waals surface area contributed by atoms with Gasteiger partial charge in [0, 0.05) is 13.6 Å². The predicted molar refractivity (Wildman–Crippen MR) is 73.9 cm³/mol. The number of nitrogens with zero attached hydrogens (tertiary/aromatic N) is 2. The molecule has 102 valence electrons. The molecule has 0 aliphatic heterocycles. The number of hydrogen-bond donors (Lipinski definition) is 3. The molecule has 1 heterocycles. The summed E-state index contributed by atoms with van der Waals surface area (Å²) in [5.41, 5.74) is 5.74. The number of aliphatic hydroxyl groups excluding tert-OH is 1. The number of aromatic nitrogens is 1. The van der Waals surface area contributed by atoms with Crippen LogP contribution in [-0.4, -0.2) is 47.1 Å². The van der Waals surface area contributed by atoms with Crippen molar-refractivity contribution in [1.29, 1.82) is 0 Å². The smallest absolute Gasteiger partial charge is 0.267 e. The summed E-state index contributed by atoms with van der Waals surface area (Å²) in [6.45, 7) is 4.53. The van der Waals surface area contributed by atoms with Crippen LogP contribution in [0.4, 0.5) is 10.9 Å². The Morgan fingerprint density at radius 1 is 1.67 bits per heavy atom. The second-order valence-corrected chi connectivity index (χ2v) is 5.11. The van der Waals surface area contributed by atoms with Crippen LogP contribution in [0.3, 0.4) is 0 Å². The first kappa shape index (κ1) is 14.7. The molecule has 1 aromatic rings. The Balaban J connectivity index is 2.82. The van der Waals surface area contributed by atoms with E-state index in [4.69, 9.17) is 10.8 Å². The molecule has 0 spiro atoms. The van der Waals surface area contributed by atoms with Crippen molar-refractivity contribution in [2.75, 3.05) is 31.2 Å². The Bertz CT molecular complexity index is 408. The van der Waals surface area contributed by atoms with Crippen LogP contribution in [0.25, 0.3) is 0 Å². The monoisotopic (exact) mass is 272 g/mol. The number of hydrogen-bond acceptors (Lipinski definition) is 6. The number of amides is 1. The van der Waals surface area contributed by atoms with Crippen molar-refractivity contribution in [3.63, 3.8) is 0 Å². The van der Waals surface area contributed by atoms with Gasteiger partial charge in [-0.2, -0.15) is 0 Å². The summed E-state index contributed by atoms with van der Waals surface area (Å²) in [6.07, 6.45) is 0.976. The zero-order valence-corrected chi connectivity index (χ0v) is 11.8. The minimum absolute atomic E-state index is 0.0815. The second kappa shape index (κ2) is 6.55. The number of likely N-dealkylation sites (N-methyl/N-ethyl adjacent to an activating group) is 1. The van der Waals surface area contributed by atoms with Crippen LogP contribution in [0.2, 0.25) is 0 Å². The molecule has 1 rings (SSSR count). The Hall–Kier alpha value is -1.34. The topological polar surface area (TPSA) is 91.5 Å². The van der Waals surface area contributed by atoms with E-state index in [0.29, 0.717) is 10.0 Å². The molecule has 1 amide bonds. The lowest BCUT2D eigenvalue weighted by Gasteiger charge is -2.22. The molecular formula is C11H20N4O2S. The van der Waals surface area contributed by atoms with E-state index >= 15 is 0 Å². The maximum atomic E-state index is 12.1. The molecule has 7 heteroatoms. The fourth-order valence-corrected chi connectivity index (χ4v) is 2.17. The molecule has 0 fully saturated rings. The summed E-state index contributed by atoms with van der Waals surface area (Å²) in [5, 5.41) is 12.8. The fraction of sp³-hybridized carbons (Fsp3) is 0.636. The molecule has 0 aliphatic carbocycles. The summed E-state index contributed by atoms with van der Waals surface area (Å²) < 4.78 is 0. The standard InChI is InChI=1S/C11H20N4O2S/c1-4-5-13-11-14-9(12)8(18-11)10(17)15(3)7(2)6-16/h7,16H,4-6,12H2,1-3H3,(H,13,14). The van der Waals surface area contributed by atoms with Crippen LogP contribution < -0.4 is 11.1 Å². The largest absolute Gasteiger partial charge is 0.394 e. The van der Waals surface area contributed by atoms with Crippen molar-refractivity contribution in [2.24, 2.45) is 0 Å². The lowest BCUT2D eigenvalue weighted by Crippen LogP contribution is -2.37. The number of anilines is 2. The fourth-order valence-electron chi connectivity index (χ4n) is 1.28. The first-order valence-electron chi connectivity index (χ1n) is 5.89. The van der Waals surface area contributed by atoms with Crippen LogP contribution in [0.1, 0.15) is 29.9 Å². The van der Waals surface area contributed by atoms with E-state index in [9.17, 15) is 4.79 Å². The molecule has 0 aliphatic rings. The Kier molecular flexibility index (Phi) is 5.36. The van der Waals surface area contributed by atoms with Crippen molar-refractivity contribution < 1.29 is 9.90 Å². The van der Waals surface area contributed by atoms with Crippen LogP contribution in [0.15, 0.2) is 0 Å². The molecule has 0 bridgehead atoms. The molecule has 1 aromatic heterocycles. The molecule has 0 saturated heterocycles. The maximum absolute atomic E-state index is 12.1. The SMILES string of the molecule is CCCNc1nc(N)c(C(=O)N(C)C(C)CO)s1. The number of nitrogen functional groups attached to an aromatic ring is 1. The van der Waals surface area contributed by atoms with Gasteiger partial charge in [0.05, 0.1) is 12.6 Å². The highest BCUT2D eigenvalue weighted by Crippen LogP contribution is 2.26. The minimum Gasteiger partial charge on any atom is -0.394 e. The van der Waals surface area contributed by atoms with Crippen molar-refractivity contribution in [3.8, 4) is 0 Å². The molecule has 0 saturated carbocycles. The predicted octanol–water partition coefficient (Wildman–Crippen LogP) is 1.00. The van der Waals surface area contributed by atoms with Gasteiger partial charge in [-0.25, -0.2) is 4.98 Å². The van der Waals surface area contributed by atoms with E-state index in [0.717, 1.165) is 13.0 Å². The second-order valence-electron chi connectivity index (χ2n) is 4.11. The van der Waals surface area contributed by atoms with Crippen molar-refractivity contribution in [1.82, 2.24) is 9.88 Å².